The third kappa shape index (κ3) is 2.58. The highest BCUT2D eigenvalue weighted by molar-refractivity contribution is 5.84. The summed E-state index contributed by atoms with van der Waals surface area (Å²) in [7, 11) is 1.65. The predicted octanol–water partition coefficient (Wildman–Crippen LogP) is 1.22. The van der Waals surface area contributed by atoms with E-state index in [1.165, 1.54) is 0 Å². The molecule has 1 amide bonds. The molecule has 2 N–H and O–H groups in total. The molecule has 5 nitrogen and oxygen atoms in total. The van der Waals surface area contributed by atoms with Gasteiger partial charge in [-0.15, -0.1) is 0 Å². The quantitative estimate of drug-likeness (QED) is 0.877. The van der Waals surface area contributed by atoms with Crippen LogP contribution in [0.15, 0.2) is 30.3 Å². The zero-order chi connectivity index (χ0) is 13.9. The molecule has 1 saturated heterocycles. The zero-order valence-corrected chi connectivity index (χ0v) is 11.3. The molecule has 1 aromatic heterocycles. The first-order valence-electron chi connectivity index (χ1n) is 6.69. The Bertz CT molecular complexity index is 642. The lowest BCUT2D eigenvalue weighted by Crippen LogP contribution is -2.30. The number of benzene rings is 1. The van der Waals surface area contributed by atoms with Crippen molar-refractivity contribution in [2.45, 2.75) is 19.0 Å². The molecule has 1 atom stereocenters. The highest BCUT2D eigenvalue weighted by atomic mass is 16.5. The number of para-hydroxylation sites is 1. The molecule has 5 heteroatoms. The Labute approximate surface area is 117 Å². The number of hydrogen-bond acceptors (Lipinski definition) is 4. The average Bonchev–Trinajstić information content (AvgIpc) is 2.90. The molecule has 2 heterocycles. The van der Waals surface area contributed by atoms with Crippen LogP contribution < -0.4 is 15.4 Å². The van der Waals surface area contributed by atoms with Crippen molar-refractivity contribution in [2.75, 3.05) is 13.7 Å². The van der Waals surface area contributed by atoms with Crippen LogP contribution in [-0.2, 0) is 11.3 Å². The van der Waals surface area contributed by atoms with Crippen molar-refractivity contribution >= 4 is 16.8 Å². The van der Waals surface area contributed by atoms with E-state index in [1.807, 2.05) is 30.3 Å². The van der Waals surface area contributed by atoms with E-state index in [0.717, 1.165) is 22.3 Å². The maximum Gasteiger partial charge on any atom is 0.221 e. The predicted molar refractivity (Wildman–Crippen MR) is 76.5 cm³/mol. The number of fused-ring (bicyclic) bond motifs is 1. The summed E-state index contributed by atoms with van der Waals surface area (Å²) < 4.78 is 5.34. The van der Waals surface area contributed by atoms with Crippen molar-refractivity contribution in [3.05, 3.63) is 36.0 Å². The van der Waals surface area contributed by atoms with E-state index >= 15 is 0 Å². The van der Waals surface area contributed by atoms with Gasteiger partial charge in [0, 0.05) is 30.9 Å². The third-order valence-electron chi connectivity index (χ3n) is 3.51. The Morgan fingerprint density at radius 2 is 2.30 bits per heavy atom. The molecule has 1 aliphatic rings. The topological polar surface area (TPSA) is 63.2 Å². The van der Waals surface area contributed by atoms with Crippen molar-refractivity contribution in [3.63, 3.8) is 0 Å². The SMILES string of the molecule is COc1cccc2ccc(CNC3CNC(=O)C3)nc12. The number of nitrogens with one attached hydrogen (secondary N) is 2. The third-order valence-corrected chi connectivity index (χ3v) is 3.51. The minimum absolute atomic E-state index is 0.107. The molecular formula is C15H17N3O2. The number of carbonyl (C=O) groups excluding carboxylic acids is 1. The number of pyridine rings is 1. The van der Waals surface area contributed by atoms with Crippen molar-refractivity contribution in [1.29, 1.82) is 0 Å². The molecule has 104 valence electrons. The van der Waals surface area contributed by atoms with Gasteiger partial charge in [0.2, 0.25) is 5.91 Å². The summed E-state index contributed by atoms with van der Waals surface area (Å²) in [6.45, 7) is 1.34. The van der Waals surface area contributed by atoms with Crippen LogP contribution in [0.3, 0.4) is 0 Å². The van der Waals surface area contributed by atoms with Gasteiger partial charge in [-0.25, -0.2) is 4.98 Å². The molecule has 20 heavy (non-hydrogen) atoms. The largest absolute Gasteiger partial charge is 0.494 e. The molecule has 0 saturated carbocycles. The first-order valence-corrected chi connectivity index (χ1v) is 6.69. The van der Waals surface area contributed by atoms with Crippen molar-refractivity contribution < 1.29 is 9.53 Å². The van der Waals surface area contributed by atoms with Crippen molar-refractivity contribution in [2.24, 2.45) is 0 Å². The molecule has 0 spiro atoms. The first kappa shape index (κ1) is 12.9. The Morgan fingerprint density at radius 3 is 3.05 bits per heavy atom. The minimum atomic E-state index is 0.107. The summed E-state index contributed by atoms with van der Waals surface area (Å²) in [4.78, 5) is 15.8. The van der Waals surface area contributed by atoms with Crippen LogP contribution in [0, 0.1) is 0 Å². The van der Waals surface area contributed by atoms with Gasteiger partial charge in [-0.05, 0) is 12.1 Å². The van der Waals surface area contributed by atoms with E-state index in [-0.39, 0.29) is 11.9 Å². The molecule has 1 aliphatic heterocycles. The van der Waals surface area contributed by atoms with Gasteiger partial charge in [0.15, 0.2) is 0 Å². The van der Waals surface area contributed by atoms with E-state index in [1.54, 1.807) is 7.11 Å². The van der Waals surface area contributed by atoms with Crippen LogP contribution in [0.4, 0.5) is 0 Å². The molecule has 1 unspecified atom stereocenters. The molecule has 0 radical (unpaired) electrons. The number of methoxy groups -OCH3 is 1. The molecule has 2 aromatic rings. The molecule has 1 aromatic carbocycles. The molecular weight excluding hydrogens is 254 g/mol. The standard InChI is InChI=1S/C15H17N3O2/c1-20-13-4-2-3-10-5-6-11(18-15(10)13)8-16-12-7-14(19)17-9-12/h2-6,12,16H,7-9H2,1H3,(H,17,19). The van der Waals surface area contributed by atoms with Crippen molar-refractivity contribution in [3.8, 4) is 5.75 Å². The fourth-order valence-electron chi connectivity index (χ4n) is 2.42. The smallest absolute Gasteiger partial charge is 0.221 e. The summed E-state index contributed by atoms with van der Waals surface area (Å²) in [5.41, 5.74) is 1.82. The molecule has 3 rings (SSSR count). The van der Waals surface area contributed by atoms with Crippen LogP contribution in [0.25, 0.3) is 10.9 Å². The maximum absolute atomic E-state index is 11.1. The summed E-state index contributed by atoms with van der Waals surface area (Å²) in [6, 6.07) is 10.1. The van der Waals surface area contributed by atoms with Gasteiger partial charge in [0.05, 0.1) is 12.8 Å². The van der Waals surface area contributed by atoms with E-state index in [2.05, 4.69) is 15.6 Å². The van der Waals surface area contributed by atoms with E-state index in [0.29, 0.717) is 19.5 Å². The van der Waals surface area contributed by atoms with Gasteiger partial charge in [-0.1, -0.05) is 18.2 Å². The second-order valence-electron chi connectivity index (χ2n) is 4.92. The fourth-order valence-corrected chi connectivity index (χ4v) is 2.42. The Balaban J connectivity index is 1.76. The van der Waals surface area contributed by atoms with Crippen LogP contribution in [-0.4, -0.2) is 30.6 Å². The van der Waals surface area contributed by atoms with Gasteiger partial charge < -0.3 is 15.4 Å². The number of ether oxygens (including phenoxy) is 1. The van der Waals surface area contributed by atoms with Gasteiger partial charge in [-0.2, -0.15) is 0 Å². The van der Waals surface area contributed by atoms with Crippen molar-refractivity contribution in [1.82, 2.24) is 15.6 Å². The molecule has 0 aliphatic carbocycles. The number of aromatic nitrogens is 1. The minimum Gasteiger partial charge on any atom is -0.494 e. The zero-order valence-electron chi connectivity index (χ0n) is 11.3. The Hall–Kier alpha value is -2.14. The number of hydrogen-bond donors (Lipinski definition) is 2. The van der Waals surface area contributed by atoms with Crippen LogP contribution in [0.2, 0.25) is 0 Å². The van der Waals surface area contributed by atoms with E-state index in [9.17, 15) is 4.79 Å². The summed E-state index contributed by atoms with van der Waals surface area (Å²) >= 11 is 0. The Morgan fingerprint density at radius 1 is 1.40 bits per heavy atom. The maximum atomic E-state index is 11.1. The highest BCUT2D eigenvalue weighted by Crippen LogP contribution is 2.23. The lowest BCUT2D eigenvalue weighted by atomic mass is 10.2. The molecule has 1 fully saturated rings. The normalized spacial score (nSPS) is 18.2. The monoisotopic (exact) mass is 271 g/mol. The Kier molecular flexibility index (Phi) is 3.52. The van der Waals surface area contributed by atoms with Gasteiger partial charge in [0.25, 0.3) is 0 Å². The number of rotatable bonds is 4. The second-order valence-corrected chi connectivity index (χ2v) is 4.92. The lowest BCUT2D eigenvalue weighted by molar-refractivity contribution is -0.119. The lowest BCUT2D eigenvalue weighted by Gasteiger charge is -2.11. The van der Waals surface area contributed by atoms with Gasteiger partial charge in [-0.3, -0.25) is 4.79 Å². The van der Waals surface area contributed by atoms with Crippen LogP contribution in [0.5, 0.6) is 5.75 Å². The molecule has 0 bridgehead atoms. The summed E-state index contributed by atoms with van der Waals surface area (Å²) in [6.07, 6.45) is 0.539. The van der Waals surface area contributed by atoms with Crippen LogP contribution >= 0.6 is 0 Å². The number of nitrogens with zero attached hydrogens (tertiary/aromatic N) is 1. The summed E-state index contributed by atoms with van der Waals surface area (Å²) in [5.74, 6) is 0.887. The average molecular weight is 271 g/mol. The van der Waals surface area contributed by atoms with Gasteiger partial charge in [0.1, 0.15) is 11.3 Å². The fraction of sp³-hybridized carbons (Fsp3) is 0.333. The van der Waals surface area contributed by atoms with Gasteiger partial charge >= 0.3 is 0 Å². The van der Waals surface area contributed by atoms with E-state index < -0.39 is 0 Å². The number of carbonyl (C=O) groups is 1. The highest BCUT2D eigenvalue weighted by Gasteiger charge is 2.20. The van der Waals surface area contributed by atoms with E-state index in [4.69, 9.17) is 4.74 Å². The number of amides is 1. The second kappa shape index (κ2) is 5.46. The summed E-state index contributed by atoms with van der Waals surface area (Å²) in [5, 5.41) is 7.22. The van der Waals surface area contributed by atoms with Crippen LogP contribution in [0.1, 0.15) is 12.1 Å². The first-order chi connectivity index (χ1) is 9.76.